The van der Waals surface area contributed by atoms with Gasteiger partial charge in [0.25, 0.3) is 5.91 Å². The molecule has 2 amide bonds. The summed E-state index contributed by atoms with van der Waals surface area (Å²) in [6.07, 6.45) is 0.620. The summed E-state index contributed by atoms with van der Waals surface area (Å²) in [6.45, 7) is 4.04. The predicted octanol–water partition coefficient (Wildman–Crippen LogP) is 2.18. The van der Waals surface area contributed by atoms with E-state index in [-0.39, 0.29) is 11.8 Å². The Morgan fingerprint density at radius 1 is 1.32 bits per heavy atom. The van der Waals surface area contributed by atoms with Gasteiger partial charge in [0.05, 0.1) is 0 Å². The van der Waals surface area contributed by atoms with E-state index in [0.29, 0.717) is 17.9 Å². The fourth-order valence-electron chi connectivity index (χ4n) is 1.75. The Morgan fingerprint density at radius 3 is 2.53 bits per heavy atom. The second-order valence-corrected chi connectivity index (χ2v) is 6.03. The van der Waals surface area contributed by atoms with Gasteiger partial charge in [0.1, 0.15) is 6.04 Å². The van der Waals surface area contributed by atoms with E-state index in [2.05, 4.69) is 33.2 Å². The fourth-order valence-corrected chi connectivity index (χ4v) is 2.29. The van der Waals surface area contributed by atoms with Crippen LogP contribution < -0.4 is 10.6 Å². The summed E-state index contributed by atoms with van der Waals surface area (Å²) in [5.41, 5.74) is 0.574. The highest BCUT2D eigenvalue weighted by atomic mass is 127. The average Bonchev–Trinajstić information content (AvgIpc) is 2.36. The molecule has 1 aromatic carbocycles. The molecule has 1 rings (SSSR count). The molecule has 0 radical (unpaired) electrons. The maximum Gasteiger partial charge on any atom is 0.251 e. The van der Waals surface area contributed by atoms with E-state index < -0.39 is 6.04 Å². The van der Waals surface area contributed by atoms with Crippen LogP contribution in [0, 0.1) is 9.49 Å². The molecule has 4 nitrogen and oxygen atoms in total. The zero-order valence-corrected chi connectivity index (χ0v) is 13.5. The van der Waals surface area contributed by atoms with Crippen molar-refractivity contribution in [2.24, 2.45) is 5.92 Å². The van der Waals surface area contributed by atoms with Gasteiger partial charge in [-0.3, -0.25) is 9.59 Å². The molecule has 0 spiro atoms. The quantitative estimate of drug-likeness (QED) is 0.777. The molecule has 0 aliphatic heterocycles. The van der Waals surface area contributed by atoms with Crippen LogP contribution in [0.25, 0.3) is 0 Å². The lowest BCUT2D eigenvalue weighted by Crippen LogP contribution is -2.46. The minimum Gasteiger partial charge on any atom is -0.357 e. The van der Waals surface area contributed by atoms with Crippen molar-refractivity contribution in [1.82, 2.24) is 10.6 Å². The van der Waals surface area contributed by atoms with Crippen LogP contribution in [0.2, 0.25) is 0 Å². The van der Waals surface area contributed by atoms with E-state index in [0.717, 1.165) is 3.57 Å². The summed E-state index contributed by atoms with van der Waals surface area (Å²) in [7, 11) is 1.58. The summed E-state index contributed by atoms with van der Waals surface area (Å²) in [4.78, 5) is 23.9. The molecule has 1 unspecified atom stereocenters. The van der Waals surface area contributed by atoms with Crippen LogP contribution in [0.5, 0.6) is 0 Å². The molecule has 2 N–H and O–H groups in total. The van der Waals surface area contributed by atoms with E-state index in [1.54, 1.807) is 19.2 Å². The number of rotatable bonds is 5. The third-order valence-corrected chi connectivity index (χ3v) is 3.33. The number of hydrogen-bond acceptors (Lipinski definition) is 2. The standard InChI is InChI=1S/C14H19IN2O2/c1-9(2)7-12(14(19)16-3)17-13(18)10-5-4-6-11(15)8-10/h4-6,8-9,12H,7H2,1-3H3,(H,16,19)(H,17,18). The van der Waals surface area contributed by atoms with E-state index in [1.165, 1.54) is 0 Å². The van der Waals surface area contributed by atoms with Gasteiger partial charge in [-0.25, -0.2) is 0 Å². The van der Waals surface area contributed by atoms with E-state index in [9.17, 15) is 9.59 Å². The molecule has 104 valence electrons. The first-order valence-corrected chi connectivity index (χ1v) is 7.30. The SMILES string of the molecule is CNC(=O)C(CC(C)C)NC(=O)c1cccc(I)c1. The van der Waals surface area contributed by atoms with Gasteiger partial charge in [-0.2, -0.15) is 0 Å². The Balaban J connectivity index is 2.78. The summed E-state index contributed by atoms with van der Waals surface area (Å²) in [5, 5.41) is 5.37. The maximum absolute atomic E-state index is 12.1. The van der Waals surface area contributed by atoms with Gasteiger partial charge >= 0.3 is 0 Å². The first-order valence-electron chi connectivity index (χ1n) is 6.22. The van der Waals surface area contributed by atoms with Gasteiger partial charge in [-0.05, 0) is 53.1 Å². The summed E-state index contributed by atoms with van der Waals surface area (Å²) in [5.74, 6) is -0.0426. The molecule has 0 heterocycles. The van der Waals surface area contributed by atoms with Gasteiger partial charge in [0.15, 0.2) is 0 Å². The van der Waals surface area contributed by atoms with Crippen LogP contribution >= 0.6 is 22.6 Å². The van der Waals surface area contributed by atoms with Gasteiger partial charge in [-0.1, -0.05) is 19.9 Å². The summed E-state index contributed by atoms with van der Waals surface area (Å²) in [6, 6.07) is 6.80. The zero-order valence-electron chi connectivity index (χ0n) is 11.4. The molecule has 5 heteroatoms. The Hall–Kier alpha value is -1.11. The van der Waals surface area contributed by atoms with Gasteiger partial charge < -0.3 is 10.6 Å². The van der Waals surface area contributed by atoms with Crippen molar-refractivity contribution < 1.29 is 9.59 Å². The van der Waals surface area contributed by atoms with Crippen molar-refractivity contribution in [3.05, 3.63) is 33.4 Å². The molecule has 1 aromatic rings. The third kappa shape index (κ3) is 5.18. The largest absolute Gasteiger partial charge is 0.357 e. The van der Waals surface area contributed by atoms with Crippen LogP contribution in [0.1, 0.15) is 30.6 Å². The van der Waals surface area contributed by atoms with E-state index in [1.807, 2.05) is 26.0 Å². The Morgan fingerprint density at radius 2 is 2.00 bits per heavy atom. The number of carbonyl (C=O) groups excluding carboxylic acids is 2. The van der Waals surface area contributed by atoms with E-state index >= 15 is 0 Å². The Labute approximate surface area is 127 Å². The van der Waals surface area contributed by atoms with Crippen molar-refractivity contribution in [3.8, 4) is 0 Å². The first-order chi connectivity index (χ1) is 8.93. The average molecular weight is 374 g/mol. The van der Waals surface area contributed by atoms with Crippen molar-refractivity contribution in [2.75, 3.05) is 7.05 Å². The number of halogens is 1. The van der Waals surface area contributed by atoms with E-state index in [4.69, 9.17) is 0 Å². The van der Waals surface area contributed by atoms with Crippen LogP contribution in [0.4, 0.5) is 0 Å². The molecule has 0 fully saturated rings. The smallest absolute Gasteiger partial charge is 0.251 e. The van der Waals surface area contributed by atoms with Gasteiger partial charge in [-0.15, -0.1) is 0 Å². The molecular formula is C14H19IN2O2. The minimum atomic E-state index is -0.490. The lowest BCUT2D eigenvalue weighted by Gasteiger charge is -2.19. The van der Waals surface area contributed by atoms with Gasteiger partial charge in [0.2, 0.25) is 5.91 Å². The topological polar surface area (TPSA) is 58.2 Å². The number of carbonyl (C=O) groups is 2. The van der Waals surface area contributed by atoms with Crippen molar-refractivity contribution >= 4 is 34.4 Å². The maximum atomic E-state index is 12.1. The molecule has 0 aliphatic carbocycles. The molecule has 0 aromatic heterocycles. The van der Waals surface area contributed by atoms with Crippen molar-refractivity contribution in [3.63, 3.8) is 0 Å². The lowest BCUT2D eigenvalue weighted by molar-refractivity contribution is -0.122. The highest BCUT2D eigenvalue weighted by molar-refractivity contribution is 14.1. The Bertz CT molecular complexity index is 461. The molecule has 1 atom stereocenters. The minimum absolute atomic E-state index is 0.160. The first kappa shape index (κ1) is 15.9. The van der Waals surface area contributed by atoms with Crippen LogP contribution in [-0.2, 0) is 4.79 Å². The number of amides is 2. The second-order valence-electron chi connectivity index (χ2n) is 4.78. The highest BCUT2D eigenvalue weighted by Gasteiger charge is 2.21. The third-order valence-electron chi connectivity index (χ3n) is 2.66. The predicted molar refractivity (Wildman–Crippen MR) is 83.9 cm³/mol. The molecular weight excluding hydrogens is 355 g/mol. The summed E-state index contributed by atoms with van der Waals surface area (Å²) < 4.78 is 0.991. The molecule has 0 saturated carbocycles. The fraction of sp³-hybridized carbons (Fsp3) is 0.429. The normalized spacial score (nSPS) is 12.1. The molecule has 0 saturated heterocycles. The lowest BCUT2D eigenvalue weighted by atomic mass is 10.0. The second kappa shape index (κ2) is 7.47. The number of hydrogen-bond donors (Lipinski definition) is 2. The highest BCUT2D eigenvalue weighted by Crippen LogP contribution is 2.10. The molecule has 0 aliphatic rings. The van der Waals surface area contributed by atoms with Crippen LogP contribution in [-0.4, -0.2) is 24.9 Å². The Kier molecular flexibility index (Phi) is 6.27. The van der Waals surface area contributed by atoms with Crippen LogP contribution in [0.3, 0.4) is 0 Å². The number of benzene rings is 1. The van der Waals surface area contributed by atoms with Crippen molar-refractivity contribution in [1.29, 1.82) is 0 Å². The van der Waals surface area contributed by atoms with Crippen LogP contribution in [0.15, 0.2) is 24.3 Å². The summed E-state index contributed by atoms with van der Waals surface area (Å²) >= 11 is 2.15. The zero-order chi connectivity index (χ0) is 14.4. The monoisotopic (exact) mass is 374 g/mol. The van der Waals surface area contributed by atoms with Gasteiger partial charge in [0, 0.05) is 16.2 Å². The van der Waals surface area contributed by atoms with Crippen molar-refractivity contribution in [2.45, 2.75) is 26.3 Å². The number of likely N-dealkylation sites (N-methyl/N-ethyl adjacent to an activating group) is 1. The molecule has 0 bridgehead atoms. The molecule has 19 heavy (non-hydrogen) atoms. The number of nitrogens with one attached hydrogen (secondary N) is 2.